The lowest BCUT2D eigenvalue weighted by molar-refractivity contribution is -0.142. The highest BCUT2D eigenvalue weighted by atomic mass is 16.5. The van der Waals surface area contributed by atoms with Crippen molar-refractivity contribution in [3.8, 4) is 5.75 Å². The second-order valence-electron chi connectivity index (χ2n) is 3.49. The van der Waals surface area contributed by atoms with Crippen molar-refractivity contribution in [2.75, 3.05) is 14.2 Å². The van der Waals surface area contributed by atoms with Crippen molar-refractivity contribution in [1.82, 2.24) is 0 Å². The van der Waals surface area contributed by atoms with E-state index >= 15 is 0 Å². The molecule has 0 aliphatic heterocycles. The molecular formula is C12H16O4. The van der Waals surface area contributed by atoms with Crippen molar-refractivity contribution < 1.29 is 19.4 Å². The number of benzene rings is 1. The van der Waals surface area contributed by atoms with Crippen LogP contribution in [0.4, 0.5) is 0 Å². The second kappa shape index (κ2) is 5.51. The van der Waals surface area contributed by atoms with E-state index in [9.17, 15) is 9.90 Å². The summed E-state index contributed by atoms with van der Waals surface area (Å²) in [6.45, 7) is 1.88. The molecule has 0 bridgehead atoms. The Morgan fingerprint density at radius 1 is 1.44 bits per heavy atom. The summed E-state index contributed by atoms with van der Waals surface area (Å²) in [4.78, 5) is 11.1. The largest absolute Gasteiger partial charge is 0.496 e. The summed E-state index contributed by atoms with van der Waals surface area (Å²) in [6, 6.07) is 5.43. The molecule has 0 radical (unpaired) electrons. The summed E-state index contributed by atoms with van der Waals surface area (Å²) in [5, 5.41) is 9.88. The maximum atomic E-state index is 11.1. The molecule has 4 heteroatoms. The van der Waals surface area contributed by atoms with Gasteiger partial charge < -0.3 is 14.6 Å². The molecule has 0 amide bonds. The van der Waals surface area contributed by atoms with Crippen molar-refractivity contribution in [2.45, 2.75) is 19.4 Å². The molecule has 0 aliphatic rings. The molecule has 0 spiro atoms. The Morgan fingerprint density at radius 3 is 2.69 bits per heavy atom. The predicted octanol–water partition coefficient (Wildman–Crippen LogP) is 1.60. The number of esters is 1. The average molecular weight is 224 g/mol. The molecule has 16 heavy (non-hydrogen) atoms. The van der Waals surface area contributed by atoms with E-state index in [2.05, 4.69) is 4.74 Å². The molecule has 1 N–H and O–H groups in total. The van der Waals surface area contributed by atoms with Gasteiger partial charge in [-0.1, -0.05) is 18.2 Å². The van der Waals surface area contributed by atoms with Crippen molar-refractivity contribution in [2.24, 2.45) is 0 Å². The molecule has 0 fully saturated rings. The number of carbonyl (C=O) groups excluding carboxylic acids is 1. The molecule has 0 heterocycles. The maximum absolute atomic E-state index is 11.1. The molecule has 0 aromatic heterocycles. The Kier molecular flexibility index (Phi) is 4.31. The number of aryl methyl sites for hydroxylation is 1. The van der Waals surface area contributed by atoms with Gasteiger partial charge in [-0.15, -0.1) is 0 Å². The third-order valence-electron chi connectivity index (χ3n) is 2.39. The van der Waals surface area contributed by atoms with Crippen LogP contribution in [0, 0.1) is 6.92 Å². The number of carbonyl (C=O) groups is 1. The van der Waals surface area contributed by atoms with Gasteiger partial charge in [-0.3, -0.25) is 4.79 Å². The van der Waals surface area contributed by atoms with Crippen molar-refractivity contribution in [3.63, 3.8) is 0 Å². The Hall–Kier alpha value is -1.55. The zero-order valence-corrected chi connectivity index (χ0v) is 9.69. The van der Waals surface area contributed by atoms with Crippen LogP contribution in [0.15, 0.2) is 18.2 Å². The number of methoxy groups -OCH3 is 2. The van der Waals surface area contributed by atoms with E-state index in [4.69, 9.17) is 4.74 Å². The van der Waals surface area contributed by atoms with Crippen LogP contribution in [-0.4, -0.2) is 25.3 Å². The van der Waals surface area contributed by atoms with Crippen molar-refractivity contribution in [1.29, 1.82) is 0 Å². The SMILES string of the molecule is COC(=O)CC(O)c1cccc(C)c1OC. The van der Waals surface area contributed by atoms with Crippen LogP contribution in [0.25, 0.3) is 0 Å². The van der Waals surface area contributed by atoms with Gasteiger partial charge in [0, 0.05) is 5.56 Å². The number of para-hydroxylation sites is 1. The Bertz CT molecular complexity index is 373. The fourth-order valence-corrected chi connectivity index (χ4v) is 1.57. The number of ether oxygens (including phenoxy) is 2. The first-order valence-electron chi connectivity index (χ1n) is 4.98. The molecular weight excluding hydrogens is 208 g/mol. The van der Waals surface area contributed by atoms with E-state index in [0.29, 0.717) is 11.3 Å². The molecule has 1 unspecified atom stereocenters. The number of hydrogen-bond donors (Lipinski definition) is 1. The summed E-state index contributed by atoms with van der Waals surface area (Å²) in [6.07, 6.45) is -0.974. The number of aliphatic hydroxyl groups excluding tert-OH is 1. The number of hydrogen-bond acceptors (Lipinski definition) is 4. The van der Waals surface area contributed by atoms with Gasteiger partial charge in [0.2, 0.25) is 0 Å². The van der Waals surface area contributed by atoms with Crippen LogP contribution in [0.2, 0.25) is 0 Å². The molecule has 1 rings (SSSR count). The van der Waals surface area contributed by atoms with Crippen LogP contribution in [-0.2, 0) is 9.53 Å². The molecule has 4 nitrogen and oxygen atoms in total. The van der Waals surface area contributed by atoms with Crippen molar-refractivity contribution >= 4 is 5.97 Å². The first kappa shape index (κ1) is 12.5. The highest BCUT2D eigenvalue weighted by Crippen LogP contribution is 2.30. The van der Waals surface area contributed by atoms with Gasteiger partial charge in [0.15, 0.2) is 0 Å². The molecule has 1 atom stereocenters. The summed E-state index contributed by atoms with van der Waals surface area (Å²) in [5.41, 5.74) is 1.52. The Morgan fingerprint density at radius 2 is 2.12 bits per heavy atom. The number of rotatable bonds is 4. The van der Waals surface area contributed by atoms with Gasteiger partial charge in [-0.2, -0.15) is 0 Å². The average Bonchev–Trinajstić information content (AvgIpc) is 2.28. The van der Waals surface area contributed by atoms with E-state index in [1.54, 1.807) is 6.07 Å². The third-order valence-corrected chi connectivity index (χ3v) is 2.39. The van der Waals surface area contributed by atoms with Gasteiger partial charge >= 0.3 is 5.97 Å². The first-order chi connectivity index (χ1) is 7.60. The summed E-state index contributed by atoms with van der Waals surface area (Å²) < 4.78 is 9.71. The van der Waals surface area contributed by atoms with E-state index in [0.717, 1.165) is 5.56 Å². The third kappa shape index (κ3) is 2.73. The lowest BCUT2D eigenvalue weighted by Gasteiger charge is -2.15. The topological polar surface area (TPSA) is 55.8 Å². The predicted molar refractivity (Wildman–Crippen MR) is 59.3 cm³/mol. The fourth-order valence-electron chi connectivity index (χ4n) is 1.57. The standard InChI is InChI=1S/C12H16O4/c1-8-5-4-6-9(12(8)16-3)10(13)7-11(14)15-2/h4-6,10,13H,7H2,1-3H3. The van der Waals surface area contributed by atoms with Crippen LogP contribution in [0.3, 0.4) is 0 Å². The minimum atomic E-state index is -0.901. The molecule has 0 saturated carbocycles. The number of aliphatic hydroxyl groups is 1. The van der Waals surface area contributed by atoms with E-state index in [-0.39, 0.29) is 6.42 Å². The quantitative estimate of drug-likeness (QED) is 0.789. The molecule has 0 saturated heterocycles. The molecule has 1 aromatic carbocycles. The highest BCUT2D eigenvalue weighted by molar-refractivity contribution is 5.70. The smallest absolute Gasteiger partial charge is 0.308 e. The van der Waals surface area contributed by atoms with Crippen LogP contribution in [0.5, 0.6) is 5.75 Å². The lowest BCUT2D eigenvalue weighted by Crippen LogP contribution is -2.09. The molecule has 88 valence electrons. The van der Waals surface area contributed by atoms with Crippen molar-refractivity contribution in [3.05, 3.63) is 29.3 Å². The normalized spacial score (nSPS) is 12.0. The molecule has 1 aromatic rings. The van der Waals surface area contributed by atoms with Gasteiger partial charge in [0.1, 0.15) is 5.75 Å². The Balaban J connectivity index is 2.94. The first-order valence-corrected chi connectivity index (χ1v) is 4.98. The summed E-state index contributed by atoms with van der Waals surface area (Å²) >= 11 is 0. The maximum Gasteiger partial charge on any atom is 0.308 e. The fraction of sp³-hybridized carbons (Fsp3) is 0.417. The van der Waals surface area contributed by atoms with E-state index in [1.807, 2.05) is 19.1 Å². The molecule has 0 aliphatic carbocycles. The lowest BCUT2D eigenvalue weighted by atomic mass is 10.0. The monoisotopic (exact) mass is 224 g/mol. The van der Waals surface area contributed by atoms with E-state index in [1.165, 1.54) is 14.2 Å². The van der Waals surface area contributed by atoms with Crippen LogP contribution < -0.4 is 4.74 Å². The van der Waals surface area contributed by atoms with Gasteiger partial charge in [-0.25, -0.2) is 0 Å². The summed E-state index contributed by atoms with van der Waals surface area (Å²) in [5.74, 6) is 0.162. The van der Waals surface area contributed by atoms with Crippen LogP contribution in [0.1, 0.15) is 23.7 Å². The van der Waals surface area contributed by atoms with Crippen LogP contribution >= 0.6 is 0 Å². The summed E-state index contributed by atoms with van der Waals surface area (Å²) in [7, 11) is 2.83. The second-order valence-corrected chi connectivity index (χ2v) is 3.49. The minimum Gasteiger partial charge on any atom is -0.496 e. The zero-order valence-electron chi connectivity index (χ0n) is 9.69. The van der Waals surface area contributed by atoms with Gasteiger partial charge in [0.05, 0.1) is 26.7 Å². The van der Waals surface area contributed by atoms with Gasteiger partial charge in [0.25, 0.3) is 0 Å². The highest BCUT2D eigenvalue weighted by Gasteiger charge is 2.18. The Labute approximate surface area is 94.8 Å². The van der Waals surface area contributed by atoms with E-state index < -0.39 is 12.1 Å². The van der Waals surface area contributed by atoms with Gasteiger partial charge in [-0.05, 0) is 12.5 Å². The minimum absolute atomic E-state index is 0.0731. The zero-order chi connectivity index (χ0) is 12.1.